The van der Waals surface area contributed by atoms with Crippen LogP contribution in [0.25, 0.3) is 0 Å². The van der Waals surface area contributed by atoms with E-state index in [1.807, 2.05) is 13.0 Å². The smallest absolute Gasteiger partial charge is 0.274 e. The molecule has 0 radical (unpaired) electrons. The number of aryl methyl sites for hydroxylation is 1. The minimum absolute atomic E-state index is 0.235. The molecule has 2 aromatic heterocycles. The highest BCUT2D eigenvalue weighted by molar-refractivity contribution is 9.10. The van der Waals surface area contributed by atoms with E-state index < -0.39 is 0 Å². The van der Waals surface area contributed by atoms with E-state index in [4.69, 9.17) is 11.6 Å². The van der Waals surface area contributed by atoms with E-state index in [1.54, 1.807) is 24.4 Å². The summed E-state index contributed by atoms with van der Waals surface area (Å²) in [6.07, 6.45) is 1.56. The summed E-state index contributed by atoms with van der Waals surface area (Å²) < 4.78 is 0.736. The molecule has 0 spiro atoms. The predicted molar refractivity (Wildman–Crippen MR) is 73.9 cm³/mol. The van der Waals surface area contributed by atoms with Gasteiger partial charge >= 0.3 is 0 Å². The quantitative estimate of drug-likeness (QED) is 0.860. The van der Waals surface area contributed by atoms with Crippen molar-refractivity contribution < 1.29 is 4.79 Å². The van der Waals surface area contributed by atoms with Crippen molar-refractivity contribution >= 4 is 39.1 Å². The third-order valence-corrected chi connectivity index (χ3v) is 2.91. The van der Waals surface area contributed by atoms with Gasteiger partial charge in [-0.2, -0.15) is 0 Å². The molecular formula is C12H9BrClN3O. The van der Waals surface area contributed by atoms with Crippen LogP contribution in [0.4, 0.5) is 5.69 Å². The summed E-state index contributed by atoms with van der Waals surface area (Å²) in [6.45, 7) is 1.82. The summed E-state index contributed by atoms with van der Waals surface area (Å²) in [4.78, 5) is 20.0. The van der Waals surface area contributed by atoms with Crippen LogP contribution in [0.15, 0.2) is 34.9 Å². The van der Waals surface area contributed by atoms with Gasteiger partial charge < -0.3 is 5.32 Å². The third kappa shape index (κ3) is 3.05. The number of anilines is 1. The highest BCUT2D eigenvalue weighted by Crippen LogP contribution is 2.23. The first-order chi connectivity index (χ1) is 8.56. The van der Waals surface area contributed by atoms with Gasteiger partial charge in [-0.05, 0) is 41.1 Å². The summed E-state index contributed by atoms with van der Waals surface area (Å²) in [5.41, 5.74) is 1.56. The molecule has 6 heteroatoms. The van der Waals surface area contributed by atoms with Crippen LogP contribution < -0.4 is 5.32 Å². The van der Waals surface area contributed by atoms with Crippen LogP contribution in [-0.4, -0.2) is 15.9 Å². The summed E-state index contributed by atoms with van der Waals surface area (Å²) >= 11 is 9.16. The fraction of sp³-hybridized carbons (Fsp3) is 0.0833. The fourth-order valence-electron chi connectivity index (χ4n) is 1.37. The number of carbonyl (C=O) groups is 1. The molecule has 2 aromatic rings. The van der Waals surface area contributed by atoms with Crippen LogP contribution in [0.5, 0.6) is 0 Å². The van der Waals surface area contributed by atoms with Crippen molar-refractivity contribution in [3.8, 4) is 0 Å². The number of hydrogen-bond acceptors (Lipinski definition) is 3. The Morgan fingerprint density at radius 3 is 2.94 bits per heavy atom. The summed E-state index contributed by atoms with van der Waals surface area (Å²) in [6, 6.07) is 6.92. The number of aromatic nitrogens is 2. The number of carbonyl (C=O) groups excluding carboxylic acids is 1. The van der Waals surface area contributed by atoms with Gasteiger partial charge in [0.15, 0.2) is 5.15 Å². The normalized spacial score (nSPS) is 10.2. The Labute approximate surface area is 118 Å². The zero-order valence-corrected chi connectivity index (χ0v) is 11.8. The standard InChI is InChI=1S/C12H9BrClN3O/c1-7-3-2-4-9(16-7)12(18)17-10-5-8(13)6-15-11(10)14/h2-6H,1H3,(H,17,18). The van der Waals surface area contributed by atoms with Crippen molar-refractivity contribution in [1.82, 2.24) is 9.97 Å². The second-order valence-corrected chi connectivity index (χ2v) is 4.88. The average molecular weight is 327 g/mol. The third-order valence-electron chi connectivity index (χ3n) is 2.17. The molecule has 1 amide bonds. The zero-order chi connectivity index (χ0) is 13.1. The van der Waals surface area contributed by atoms with E-state index in [2.05, 4.69) is 31.2 Å². The Morgan fingerprint density at radius 1 is 1.44 bits per heavy atom. The molecule has 2 rings (SSSR count). The van der Waals surface area contributed by atoms with E-state index in [0.717, 1.165) is 10.2 Å². The number of amides is 1. The molecule has 2 heterocycles. The lowest BCUT2D eigenvalue weighted by atomic mass is 10.3. The molecular weight excluding hydrogens is 318 g/mol. The van der Waals surface area contributed by atoms with Crippen molar-refractivity contribution in [2.24, 2.45) is 0 Å². The molecule has 18 heavy (non-hydrogen) atoms. The molecule has 0 aliphatic heterocycles. The minimum Gasteiger partial charge on any atom is -0.318 e. The number of hydrogen-bond donors (Lipinski definition) is 1. The van der Waals surface area contributed by atoms with Gasteiger partial charge in [-0.25, -0.2) is 9.97 Å². The molecule has 0 atom stereocenters. The molecule has 0 saturated heterocycles. The number of halogens is 2. The SMILES string of the molecule is Cc1cccc(C(=O)Nc2cc(Br)cnc2Cl)n1. The van der Waals surface area contributed by atoms with E-state index in [1.165, 1.54) is 0 Å². The van der Waals surface area contributed by atoms with Crippen LogP contribution >= 0.6 is 27.5 Å². The molecule has 1 N–H and O–H groups in total. The van der Waals surface area contributed by atoms with Crippen LogP contribution in [-0.2, 0) is 0 Å². The van der Waals surface area contributed by atoms with Crippen molar-refractivity contribution in [3.05, 3.63) is 51.5 Å². The molecule has 0 saturated carbocycles. The second-order valence-electron chi connectivity index (χ2n) is 3.61. The maximum Gasteiger partial charge on any atom is 0.274 e. The van der Waals surface area contributed by atoms with Gasteiger partial charge in [0.1, 0.15) is 5.69 Å². The number of rotatable bonds is 2. The van der Waals surface area contributed by atoms with E-state index in [0.29, 0.717) is 11.4 Å². The zero-order valence-electron chi connectivity index (χ0n) is 9.45. The molecule has 0 aliphatic rings. The highest BCUT2D eigenvalue weighted by atomic mass is 79.9. The van der Waals surface area contributed by atoms with E-state index >= 15 is 0 Å². The summed E-state index contributed by atoms with van der Waals surface area (Å²) in [5, 5.41) is 2.90. The number of nitrogens with zero attached hydrogens (tertiary/aromatic N) is 2. The Hall–Kier alpha value is -1.46. The average Bonchev–Trinajstić information content (AvgIpc) is 2.34. The van der Waals surface area contributed by atoms with Gasteiger partial charge in [0.05, 0.1) is 5.69 Å². The lowest BCUT2D eigenvalue weighted by Crippen LogP contribution is -2.14. The molecule has 0 fully saturated rings. The largest absolute Gasteiger partial charge is 0.318 e. The van der Waals surface area contributed by atoms with Gasteiger partial charge in [0.2, 0.25) is 0 Å². The fourth-order valence-corrected chi connectivity index (χ4v) is 1.85. The molecule has 0 aromatic carbocycles. The Kier molecular flexibility index (Phi) is 3.93. The minimum atomic E-state index is -0.319. The van der Waals surface area contributed by atoms with Crippen LogP contribution in [0.1, 0.15) is 16.2 Å². The van der Waals surface area contributed by atoms with Crippen LogP contribution in [0.2, 0.25) is 5.15 Å². The second kappa shape index (κ2) is 5.46. The molecule has 92 valence electrons. The van der Waals surface area contributed by atoms with Crippen molar-refractivity contribution in [2.75, 3.05) is 5.32 Å². The first-order valence-corrected chi connectivity index (χ1v) is 6.29. The predicted octanol–water partition coefficient (Wildman–Crippen LogP) is 3.45. The summed E-state index contributed by atoms with van der Waals surface area (Å²) in [7, 11) is 0. The van der Waals surface area contributed by atoms with Gasteiger partial charge in [-0.1, -0.05) is 17.7 Å². The van der Waals surface area contributed by atoms with E-state index in [9.17, 15) is 4.79 Å². The van der Waals surface area contributed by atoms with Crippen molar-refractivity contribution in [3.63, 3.8) is 0 Å². The van der Waals surface area contributed by atoms with Gasteiger partial charge in [-0.15, -0.1) is 0 Å². The molecule has 0 aliphatic carbocycles. The topological polar surface area (TPSA) is 54.9 Å². The molecule has 4 nitrogen and oxygen atoms in total. The highest BCUT2D eigenvalue weighted by Gasteiger charge is 2.10. The first kappa shape index (κ1) is 13.0. The lowest BCUT2D eigenvalue weighted by Gasteiger charge is -2.06. The monoisotopic (exact) mass is 325 g/mol. The summed E-state index contributed by atoms with van der Waals surface area (Å²) in [5.74, 6) is -0.319. The van der Waals surface area contributed by atoms with Crippen molar-refractivity contribution in [2.45, 2.75) is 6.92 Å². The van der Waals surface area contributed by atoms with E-state index in [-0.39, 0.29) is 11.1 Å². The Balaban J connectivity index is 2.24. The van der Waals surface area contributed by atoms with Gasteiger partial charge in [0.25, 0.3) is 5.91 Å². The maximum absolute atomic E-state index is 12.0. The van der Waals surface area contributed by atoms with Crippen LogP contribution in [0.3, 0.4) is 0 Å². The van der Waals surface area contributed by atoms with Crippen molar-refractivity contribution in [1.29, 1.82) is 0 Å². The molecule has 0 unspecified atom stereocenters. The first-order valence-electron chi connectivity index (χ1n) is 5.12. The van der Waals surface area contributed by atoms with Crippen LogP contribution in [0, 0.1) is 6.92 Å². The Bertz CT molecular complexity index is 604. The number of pyridine rings is 2. The number of nitrogens with one attached hydrogen (secondary N) is 1. The van der Waals surface area contributed by atoms with Gasteiger partial charge in [-0.3, -0.25) is 4.79 Å². The lowest BCUT2D eigenvalue weighted by molar-refractivity contribution is 0.102. The molecule has 0 bridgehead atoms. The Morgan fingerprint density at radius 2 is 2.22 bits per heavy atom. The van der Waals surface area contributed by atoms with Gasteiger partial charge in [0, 0.05) is 16.4 Å². The maximum atomic E-state index is 12.0.